The molecule has 1 aliphatic carbocycles. The van der Waals surface area contributed by atoms with E-state index in [1.165, 1.54) is 16.7 Å². The maximum Gasteiger partial charge on any atom is 0.296 e. The lowest BCUT2D eigenvalue weighted by Crippen LogP contribution is -2.70. The van der Waals surface area contributed by atoms with Crippen molar-refractivity contribution in [2.75, 3.05) is 19.8 Å². The van der Waals surface area contributed by atoms with Crippen molar-refractivity contribution in [1.29, 1.82) is 0 Å². The van der Waals surface area contributed by atoms with Crippen molar-refractivity contribution in [3.05, 3.63) is 69.8 Å². The lowest BCUT2D eigenvalue weighted by Gasteiger charge is -2.58. The zero-order valence-corrected chi connectivity index (χ0v) is 24.5. The van der Waals surface area contributed by atoms with Crippen LogP contribution in [0.5, 0.6) is 0 Å². The number of aryl methyl sites for hydroxylation is 4. The molecule has 5 rings (SSSR count). The summed E-state index contributed by atoms with van der Waals surface area (Å²) in [6.07, 6.45) is 7.78. The molecule has 2 spiro atoms. The summed E-state index contributed by atoms with van der Waals surface area (Å²) in [5.41, 5.74) is 3.94. The smallest absolute Gasteiger partial charge is 0.296 e. The molecule has 0 bridgehead atoms. The topological polar surface area (TPSA) is 82.1 Å². The molecule has 0 amide bonds. The Labute approximate surface area is 233 Å². The van der Waals surface area contributed by atoms with Crippen molar-refractivity contribution in [3.63, 3.8) is 0 Å². The Morgan fingerprint density at radius 1 is 0.923 bits per heavy atom. The van der Waals surface area contributed by atoms with E-state index in [1.54, 1.807) is 24.3 Å². The van der Waals surface area contributed by atoms with Crippen LogP contribution in [0.15, 0.2) is 46.9 Å². The number of ether oxygens (including phenoxy) is 2. The minimum Gasteiger partial charge on any atom is -0.382 e. The van der Waals surface area contributed by atoms with Gasteiger partial charge in [0.15, 0.2) is 0 Å². The summed E-state index contributed by atoms with van der Waals surface area (Å²) in [6, 6.07) is 11.0. The van der Waals surface area contributed by atoms with Crippen LogP contribution >= 0.6 is 0 Å². The number of hydrogen-bond acceptors (Lipinski definition) is 6. The minimum absolute atomic E-state index is 0.0156. The molecule has 212 valence electrons. The first-order valence-corrected chi connectivity index (χ1v) is 15.7. The molecule has 0 aromatic heterocycles. The van der Waals surface area contributed by atoms with Crippen molar-refractivity contribution in [2.45, 2.75) is 101 Å². The summed E-state index contributed by atoms with van der Waals surface area (Å²) in [5.74, 6) is 0. The second kappa shape index (κ2) is 10.7. The van der Waals surface area contributed by atoms with E-state index in [2.05, 4.69) is 39.0 Å². The van der Waals surface area contributed by atoms with Gasteiger partial charge in [-0.2, -0.15) is 8.42 Å². The average molecular weight is 555 g/mol. The Kier molecular flexibility index (Phi) is 7.85. The molecule has 0 unspecified atom stereocenters. The number of rotatable bonds is 7. The van der Waals surface area contributed by atoms with E-state index in [0.29, 0.717) is 32.5 Å². The third-order valence-electron chi connectivity index (χ3n) is 9.15. The minimum atomic E-state index is -3.88. The van der Waals surface area contributed by atoms with Crippen LogP contribution in [0, 0.1) is 27.7 Å². The summed E-state index contributed by atoms with van der Waals surface area (Å²) < 4.78 is 44.1. The molecular formula is C32H42O6S. The fourth-order valence-electron chi connectivity index (χ4n) is 7.34. The average Bonchev–Trinajstić information content (AvgIpc) is 3.57. The van der Waals surface area contributed by atoms with Gasteiger partial charge in [-0.1, -0.05) is 41.5 Å². The monoisotopic (exact) mass is 554 g/mol. The third kappa shape index (κ3) is 5.02. The van der Waals surface area contributed by atoms with Crippen LogP contribution in [-0.4, -0.2) is 50.1 Å². The Balaban J connectivity index is 1.47. The first kappa shape index (κ1) is 28.5. The van der Waals surface area contributed by atoms with E-state index in [9.17, 15) is 13.5 Å². The quantitative estimate of drug-likeness (QED) is 0.328. The van der Waals surface area contributed by atoms with Gasteiger partial charge in [0.2, 0.25) is 0 Å². The van der Waals surface area contributed by atoms with Gasteiger partial charge >= 0.3 is 0 Å². The van der Waals surface area contributed by atoms with Crippen molar-refractivity contribution >= 4 is 16.2 Å². The van der Waals surface area contributed by atoms with Crippen LogP contribution in [0.3, 0.4) is 0 Å². The fraction of sp³-hybridized carbons (Fsp3) is 0.562. The van der Waals surface area contributed by atoms with Gasteiger partial charge < -0.3 is 14.6 Å². The number of benzene rings is 2. The number of hydrogen-bond donors (Lipinski definition) is 1. The Bertz CT molecular complexity index is 1310. The molecule has 3 atom stereocenters. The highest BCUT2D eigenvalue weighted by molar-refractivity contribution is 7.86. The van der Waals surface area contributed by atoms with Gasteiger partial charge in [0.1, 0.15) is 16.8 Å². The molecule has 6 nitrogen and oxygen atoms in total. The molecule has 7 heteroatoms. The Morgan fingerprint density at radius 3 is 2.21 bits per heavy atom. The zero-order valence-electron chi connectivity index (χ0n) is 23.7. The lowest BCUT2D eigenvalue weighted by molar-refractivity contribution is -0.257. The molecule has 2 aromatic rings. The van der Waals surface area contributed by atoms with E-state index < -0.39 is 26.9 Å². The van der Waals surface area contributed by atoms with Gasteiger partial charge in [-0.25, -0.2) is 0 Å². The summed E-state index contributed by atoms with van der Waals surface area (Å²) in [4.78, 5) is 0.143. The maximum atomic E-state index is 12.8. The second-order valence-electron chi connectivity index (χ2n) is 11.8. The standard InChI is InChI=1S/C32H42O6S/c1-23-8-10-28(11-9-23)39(34,35)38-19-6-14-31(33)27(22-29-25(3)20-24(2)21-26(29)4)12-16-30(13-5-17-36-30)32(31)15-7-18-37-32/h8-11,20-22,33H,5-7,12-19H2,1-4H3/b27-22+/t30-,31-,32-/m0/s1. The van der Waals surface area contributed by atoms with Gasteiger partial charge in [0.05, 0.1) is 11.5 Å². The molecule has 2 saturated heterocycles. The SMILES string of the molecule is Cc1ccc(S(=O)(=O)OCCC[C@]2(O)/C(=C/c3c(C)cc(C)cc3C)CC[C@@]3(CCCO3)[C@@]23CCCO3)cc1. The summed E-state index contributed by atoms with van der Waals surface area (Å²) in [7, 11) is -3.88. The Morgan fingerprint density at radius 2 is 1.59 bits per heavy atom. The molecular weight excluding hydrogens is 512 g/mol. The highest BCUT2D eigenvalue weighted by atomic mass is 32.2. The maximum absolute atomic E-state index is 12.8. The van der Waals surface area contributed by atoms with Gasteiger partial charge in [0, 0.05) is 13.2 Å². The van der Waals surface area contributed by atoms with Crippen LogP contribution in [0.2, 0.25) is 0 Å². The summed E-state index contributed by atoms with van der Waals surface area (Å²) >= 11 is 0. The second-order valence-corrected chi connectivity index (χ2v) is 13.4. The van der Waals surface area contributed by atoms with E-state index >= 15 is 0 Å². The largest absolute Gasteiger partial charge is 0.382 e. The van der Waals surface area contributed by atoms with Crippen LogP contribution < -0.4 is 0 Å². The van der Waals surface area contributed by atoms with Crippen LogP contribution in [0.25, 0.3) is 6.08 Å². The van der Waals surface area contributed by atoms with E-state index in [4.69, 9.17) is 13.7 Å². The number of aliphatic hydroxyl groups is 1. The number of fused-ring (bicyclic) bond motifs is 1. The van der Waals surface area contributed by atoms with Crippen LogP contribution in [-0.2, 0) is 23.8 Å². The molecule has 2 aliphatic heterocycles. The van der Waals surface area contributed by atoms with Gasteiger partial charge in [0.25, 0.3) is 10.1 Å². The highest BCUT2D eigenvalue weighted by Gasteiger charge is 2.69. The van der Waals surface area contributed by atoms with Gasteiger partial charge in [-0.3, -0.25) is 4.18 Å². The van der Waals surface area contributed by atoms with Gasteiger partial charge in [-0.15, -0.1) is 0 Å². The molecule has 1 saturated carbocycles. The van der Waals surface area contributed by atoms with Crippen LogP contribution in [0.1, 0.15) is 79.2 Å². The first-order chi connectivity index (χ1) is 18.5. The van der Waals surface area contributed by atoms with Crippen molar-refractivity contribution < 1.29 is 27.2 Å². The molecule has 0 radical (unpaired) electrons. The van der Waals surface area contributed by atoms with E-state index in [1.807, 2.05) is 6.92 Å². The van der Waals surface area contributed by atoms with E-state index in [-0.39, 0.29) is 11.5 Å². The van der Waals surface area contributed by atoms with Crippen LogP contribution in [0.4, 0.5) is 0 Å². The summed E-state index contributed by atoms with van der Waals surface area (Å²) in [5, 5.41) is 12.8. The highest BCUT2D eigenvalue weighted by Crippen LogP contribution is 2.60. The predicted octanol–water partition coefficient (Wildman–Crippen LogP) is 6.11. The normalized spacial score (nSPS) is 30.1. The van der Waals surface area contributed by atoms with Crippen molar-refractivity contribution in [1.82, 2.24) is 0 Å². The Hall–Kier alpha value is -2.03. The van der Waals surface area contributed by atoms with Crippen molar-refractivity contribution in [3.8, 4) is 0 Å². The third-order valence-corrected chi connectivity index (χ3v) is 10.5. The van der Waals surface area contributed by atoms with Crippen molar-refractivity contribution in [2.24, 2.45) is 0 Å². The lowest BCUT2D eigenvalue weighted by atomic mass is 9.57. The summed E-state index contributed by atoms with van der Waals surface area (Å²) in [6.45, 7) is 9.48. The molecule has 2 heterocycles. The fourth-order valence-corrected chi connectivity index (χ4v) is 8.28. The van der Waals surface area contributed by atoms with E-state index in [0.717, 1.165) is 48.8 Å². The van der Waals surface area contributed by atoms with Gasteiger partial charge in [-0.05, 0) is 113 Å². The predicted molar refractivity (Wildman–Crippen MR) is 152 cm³/mol. The first-order valence-electron chi connectivity index (χ1n) is 14.3. The molecule has 3 fully saturated rings. The molecule has 1 N–H and O–H groups in total. The zero-order chi connectivity index (χ0) is 27.9. The molecule has 2 aromatic carbocycles. The molecule has 3 aliphatic rings. The molecule has 39 heavy (non-hydrogen) atoms.